The Kier molecular flexibility index (Phi) is 7.95. The molecule has 0 spiro atoms. The number of esters is 1. The summed E-state index contributed by atoms with van der Waals surface area (Å²) in [5, 5.41) is 0. The highest BCUT2D eigenvalue weighted by atomic mass is 16.5. The van der Waals surface area contributed by atoms with Crippen molar-refractivity contribution in [3.63, 3.8) is 0 Å². The van der Waals surface area contributed by atoms with Crippen molar-refractivity contribution in [1.29, 1.82) is 0 Å². The molecule has 24 heavy (non-hydrogen) atoms. The molecule has 1 rings (SSSR count). The number of carbonyl (C=O) groups is 3. The molecule has 6 heteroatoms. The van der Waals surface area contributed by atoms with Crippen molar-refractivity contribution < 1.29 is 19.1 Å². The molecule has 0 saturated carbocycles. The molecule has 0 unspecified atom stereocenters. The van der Waals surface area contributed by atoms with Gasteiger partial charge >= 0.3 is 5.97 Å². The zero-order chi connectivity index (χ0) is 18.1. The number of hydrogen-bond acceptors (Lipinski definition) is 4. The van der Waals surface area contributed by atoms with Crippen LogP contribution in [-0.2, 0) is 14.3 Å². The van der Waals surface area contributed by atoms with Crippen molar-refractivity contribution in [2.45, 2.75) is 34.1 Å². The third-order valence-electron chi connectivity index (χ3n) is 3.74. The molecule has 0 saturated heterocycles. The molecule has 0 aliphatic heterocycles. The van der Waals surface area contributed by atoms with Crippen molar-refractivity contribution in [1.82, 2.24) is 4.90 Å². The maximum atomic E-state index is 12.1. The molecular weight excluding hydrogens is 308 g/mol. The smallest absolute Gasteiger partial charge is 0.338 e. The monoisotopic (exact) mass is 334 g/mol. The number of amides is 2. The van der Waals surface area contributed by atoms with Crippen LogP contribution in [0.5, 0.6) is 0 Å². The van der Waals surface area contributed by atoms with Gasteiger partial charge in [0.2, 0.25) is 11.8 Å². The van der Waals surface area contributed by atoms with E-state index in [1.807, 2.05) is 13.8 Å². The highest BCUT2D eigenvalue weighted by molar-refractivity contribution is 5.94. The molecule has 0 N–H and O–H groups in total. The molecule has 6 nitrogen and oxygen atoms in total. The van der Waals surface area contributed by atoms with E-state index in [4.69, 9.17) is 4.74 Å². The number of ether oxygens (including phenoxy) is 1. The molecule has 0 bridgehead atoms. The summed E-state index contributed by atoms with van der Waals surface area (Å²) >= 11 is 0. The largest absolute Gasteiger partial charge is 0.462 e. The molecular formula is C18H26N2O4. The molecule has 0 aliphatic carbocycles. The van der Waals surface area contributed by atoms with Crippen LogP contribution in [-0.4, -0.2) is 48.9 Å². The highest BCUT2D eigenvalue weighted by Gasteiger charge is 2.16. The highest BCUT2D eigenvalue weighted by Crippen LogP contribution is 2.17. The lowest BCUT2D eigenvalue weighted by molar-refractivity contribution is -0.130. The van der Waals surface area contributed by atoms with Gasteiger partial charge in [0.15, 0.2) is 0 Å². The Morgan fingerprint density at radius 3 is 2.04 bits per heavy atom. The van der Waals surface area contributed by atoms with Gasteiger partial charge in [-0.05, 0) is 45.0 Å². The SMILES string of the molecule is CCOC(=O)c1ccc(N(CCC(=O)N(CC)CC)C(C)=O)cc1. The number of rotatable bonds is 8. The Balaban J connectivity index is 2.80. The summed E-state index contributed by atoms with van der Waals surface area (Å²) in [6, 6.07) is 6.62. The third kappa shape index (κ3) is 5.37. The number of carbonyl (C=O) groups excluding carboxylic acids is 3. The number of anilines is 1. The molecule has 0 heterocycles. The van der Waals surface area contributed by atoms with Gasteiger partial charge in [0, 0.05) is 38.7 Å². The summed E-state index contributed by atoms with van der Waals surface area (Å²) in [6.07, 6.45) is 0.265. The second-order valence-electron chi connectivity index (χ2n) is 5.25. The first kappa shape index (κ1) is 19.7. The number of nitrogens with zero attached hydrogens (tertiary/aromatic N) is 2. The minimum atomic E-state index is -0.393. The lowest BCUT2D eigenvalue weighted by atomic mass is 10.2. The van der Waals surface area contributed by atoms with Crippen LogP contribution < -0.4 is 4.90 Å². The third-order valence-corrected chi connectivity index (χ3v) is 3.74. The molecule has 0 aromatic heterocycles. The Labute approximate surface area is 143 Å². The summed E-state index contributed by atoms with van der Waals surface area (Å²) in [7, 11) is 0. The van der Waals surface area contributed by atoms with Crippen LogP contribution in [0.3, 0.4) is 0 Å². The Hall–Kier alpha value is -2.37. The molecule has 2 amide bonds. The van der Waals surface area contributed by atoms with E-state index in [0.29, 0.717) is 37.5 Å². The van der Waals surface area contributed by atoms with Crippen LogP contribution >= 0.6 is 0 Å². The Bertz CT molecular complexity index is 565. The van der Waals surface area contributed by atoms with E-state index in [2.05, 4.69) is 0 Å². The fourth-order valence-electron chi connectivity index (χ4n) is 2.40. The maximum Gasteiger partial charge on any atom is 0.338 e. The Morgan fingerprint density at radius 2 is 1.58 bits per heavy atom. The topological polar surface area (TPSA) is 66.9 Å². The Morgan fingerprint density at radius 1 is 1.00 bits per heavy atom. The van der Waals surface area contributed by atoms with Crippen LogP contribution in [0.4, 0.5) is 5.69 Å². The fourth-order valence-corrected chi connectivity index (χ4v) is 2.40. The van der Waals surface area contributed by atoms with E-state index in [0.717, 1.165) is 0 Å². The second kappa shape index (κ2) is 9.70. The van der Waals surface area contributed by atoms with Gasteiger partial charge in [0.05, 0.1) is 12.2 Å². The quantitative estimate of drug-likeness (QED) is 0.685. The second-order valence-corrected chi connectivity index (χ2v) is 5.25. The molecule has 0 aliphatic rings. The molecule has 0 atom stereocenters. The predicted octanol–water partition coefficient (Wildman–Crippen LogP) is 2.47. The van der Waals surface area contributed by atoms with Crippen LogP contribution in [0.2, 0.25) is 0 Å². The van der Waals surface area contributed by atoms with E-state index in [9.17, 15) is 14.4 Å². The van der Waals surface area contributed by atoms with Crippen molar-refractivity contribution in [2.24, 2.45) is 0 Å². The number of hydrogen-bond donors (Lipinski definition) is 0. The minimum Gasteiger partial charge on any atom is -0.462 e. The number of benzene rings is 1. The lowest BCUT2D eigenvalue weighted by Gasteiger charge is -2.24. The standard InChI is InChI=1S/C18H26N2O4/c1-5-19(6-2)17(22)12-13-20(14(4)21)16-10-8-15(9-11-16)18(23)24-7-3/h8-11H,5-7,12-13H2,1-4H3. The van der Waals surface area contributed by atoms with Crippen LogP contribution in [0.15, 0.2) is 24.3 Å². The van der Waals surface area contributed by atoms with Gasteiger partial charge in [-0.25, -0.2) is 4.79 Å². The van der Waals surface area contributed by atoms with Crippen molar-refractivity contribution in [2.75, 3.05) is 31.1 Å². The van der Waals surface area contributed by atoms with Gasteiger partial charge in [-0.1, -0.05) is 0 Å². The first-order valence-electron chi connectivity index (χ1n) is 8.27. The summed E-state index contributed by atoms with van der Waals surface area (Å²) < 4.78 is 4.94. The van der Waals surface area contributed by atoms with E-state index in [1.54, 1.807) is 36.1 Å². The molecule has 1 aromatic carbocycles. The van der Waals surface area contributed by atoms with E-state index < -0.39 is 5.97 Å². The van der Waals surface area contributed by atoms with Crippen LogP contribution in [0.1, 0.15) is 44.5 Å². The van der Waals surface area contributed by atoms with Gasteiger partial charge in [-0.15, -0.1) is 0 Å². The van der Waals surface area contributed by atoms with Crippen LogP contribution in [0, 0.1) is 0 Å². The first-order valence-corrected chi connectivity index (χ1v) is 8.27. The van der Waals surface area contributed by atoms with Crippen molar-refractivity contribution >= 4 is 23.5 Å². The summed E-state index contributed by atoms with van der Waals surface area (Å²) in [4.78, 5) is 38.9. The van der Waals surface area contributed by atoms with Gasteiger partial charge in [-0.3, -0.25) is 9.59 Å². The summed E-state index contributed by atoms with van der Waals surface area (Å²) in [6.45, 7) is 9.00. The van der Waals surface area contributed by atoms with Gasteiger partial charge in [0.25, 0.3) is 0 Å². The van der Waals surface area contributed by atoms with Gasteiger partial charge < -0.3 is 14.5 Å². The molecule has 1 aromatic rings. The van der Waals surface area contributed by atoms with Gasteiger partial charge in [-0.2, -0.15) is 0 Å². The normalized spacial score (nSPS) is 10.2. The summed E-state index contributed by atoms with van der Waals surface area (Å²) in [5.41, 5.74) is 1.09. The fraction of sp³-hybridized carbons (Fsp3) is 0.500. The minimum absolute atomic E-state index is 0.0226. The molecule has 0 fully saturated rings. The summed E-state index contributed by atoms with van der Waals surface area (Å²) in [5.74, 6) is -0.518. The maximum absolute atomic E-state index is 12.1. The van der Waals surface area contributed by atoms with Crippen LogP contribution in [0.25, 0.3) is 0 Å². The van der Waals surface area contributed by atoms with Crippen molar-refractivity contribution in [3.05, 3.63) is 29.8 Å². The molecule has 132 valence electrons. The van der Waals surface area contributed by atoms with Gasteiger partial charge in [0.1, 0.15) is 0 Å². The average Bonchev–Trinajstić information content (AvgIpc) is 2.56. The van der Waals surface area contributed by atoms with E-state index in [-0.39, 0.29) is 18.2 Å². The zero-order valence-electron chi connectivity index (χ0n) is 14.9. The average molecular weight is 334 g/mol. The molecule has 0 radical (unpaired) electrons. The lowest BCUT2D eigenvalue weighted by Crippen LogP contribution is -2.36. The van der Waals surface area contributed by atoms with E-state index in [1.165, 1.54) is 11.8 Å². The zero-order valence-corrected chi connectivity index (χ0v) is 14.9. The van der Waals surface area contributed by atoms with E-state index >= 15 is 0 Å². The predicted molar refractivity (Wildman–Crippen MR) is 93.0 cm³/mol. The van der Waals surface area contributed by atoms with Crippen molar-refractivity contribution in [3.8, 4) is 0 Å². The first-order chi connectivity index (χ1) is 11.4.